The van der Waals surface area contributed by atoms with E-state index < -0.39 is 0 Å². The van der Waals surface area contributed by atoms with Crippen LogP contribution < -0.4 is 20.3 Å². The molecule has 2 aromatic carbocycles. The second-order valence-electron chi connectivity index (χ2n) is 9.52. The predicted octanol–water partition coefficient (Wildman–Crippen LogP) is 3.30. The highest BCUT2D eigenvalue weighted by molar-refractivity contribution is 5.97. The number of rotatable bonds is 6. The second kappa shape index (κ2) is 8.23. The average Bonchev–Trinajstić information content (AvgIpc) is 3.18. The fourth-order valence-electron chi connectivity index (χ4n) is 4.84. The highest BCUT2D eigenvalue weighted by atomic mass is 16.5. The molecule has 1 spiro atoms. The molecule has 0 aliphatic carbocycles. The van der Waals surface area contributed by atoms with Gasteiger partial charge >= 0.3 is 0 Å². The maximum Gasteiger partial charge on any atom is 0.252 e. The molecule has 172 valence electrons. The van der Waals surface area contributed by atoms with Crippen LogP contribution in [0.1, 0.15) is 34.5 Å². The van der Waals surface area contributed by atoms with Gasteiger partial charge in [0.15, 0.2) is 0 Å². The Labute approximate surface area is 194 Å². The number of aryl methyl sites for hydroxylation is 2. The first kappa shape index (κ1) is 21.5. The minimum Gasteiger partial charge on any atom is -0.496 e. The molecule has 7 heteroatoms. The number of nitrogens with zero attached hydrogens (tertiary/aromatic N) is 3. The molecular formula is C26H31N5O2. The van der Waals surface area contributed by atoms with E-state index in [4.69, 9.17) is 4.74 Å². The Morgan fingerprint density at radius 3 is 2.64 bits per heavy atom. The van der Waals surface area contributed by atoms with Gasteiger partial charge in [-0.2, -0.15) is 5.10 Å². The summed E-state index contributed by atoms with van der Waals surface area (Å²) in [6, 6.07) is 12.1. The number of ether oxygens (including phenoxy) is 1. The third-order valence-electron chi connectivity index (χ3n) is 6.97. The van der Waals surface area contributed by atoms with Crippen LogP contribution in [0, 0.1) is 12.3 Å². The summed E-state index contributed by atoms with van der Waals surface area (Å²) < 4.78 is 7.32. The van der Waals surface area contributed by atoms with Crippen LogP contribution in [0.3, 0.4) is 0 Å². The highest BCUT2D eigenvalue weighted by Gasteiger charge is 2.47. The van der Waals surface area contributed by atoms with Crippen LogP contribution in [-0.2, 0) is 7.05 Å². The normalized spacial score (nSPS) is 17.3. The van der Waals surface area contributed by atoms with E-state index in [-0.39, 0.29) is 11.9 Å². The van der Waals surface area contributed by atoms with E-state index in [2.05, 4.69) is 32.8 Å². The molecule has 1 aromatic heterocycles. The quantitative estimate of drug-likeness (QED) is 0.609. The zero-order valence-corrected chi connectivity index (χ0v) is 19.7. The van der Waals surface area contributed by atoms with Gasteiger partial charge in [-0.25, -0.2) is 0 Å². The summed E-state index contributed by atoms with van der Waals surface area (Å²) in [7, 11) is 3.56. The van der Waals surface area contributed by atoms with E-state index >= 15 is 0 Å². The molecule has 2 N–H and O–H groups in total. The summed E-state index contributed by atoms with van der Waals surface area (Å²) >= 11 is 0. The zero-order valence-electron chi connectivity index (χ0n) is 19.7. The predicted molar refractivity (Wildman–Crippen MR) is 130 cm³/mol. The Kier molecular flexibility index (Phi) is 5.37. The summed E-state index contributed by atoms with van der Waals surface area (Å²) in [5.74, 6) is 0.726. The third-order valence-corrected chi connectivity index (χ3v) is 6.97. The smallest absolute Gasteiger partial charge is 0.252 e. The van der Waals surface area contributed by atoms with E-state index in [1.807, 2.05) is 57.6 Å². The fourth-order valence-corrected chi connectivity index (χ4v) is 4.84. The van der Waals surface area contributed by atoms with Gasteiger partial charge in [-0.05, 0) is 49.2 Å². The molecule has 0 bridgehead atoms. The van der Waals surface area contributed by atoms with E-state index in [9.17, 15) is 4.79 Å². The van der Waals surface area contributed by atoms with Crippen molar-refractivity contribution in [2.75, 3.05) is 38.2 Å². The van der Waals surface area contributed by atoms with Gasteiger partial charge in [0, 0.05) is 67.2 Å². The lowest BCUT2D eigenvalue weighted by molar-refractivity contribution is 0.0939. The first-order valence-electron chi connectivity index (χ1n) is 11.4. The molecule has 2 aliphatic heterocycles. The van der Waals surface area contributed by atoms with Crippen molar-refractivity contribution in [1.82, 2.24) is 20.4 Å². The van der Waals surface area contributed by atoms with Crippen molar-refractivity contribution in [3.05, 3.63) is 65.5 Å². The van der Waals surface area contributed by atoms with Crippen molar-refractivity contribution in [2.45, 2.75) is 19.9 Å². The van der Waals surface area contributed by atoms with E-state index in [0.29, 0.717) is 5.41 Å². The highest BCUT2D eigenvalue weighted by Crippen LogP contribution is 2.38. The van der Waals surface area contributed by atoms with Gasteiger partial charge in [-0.15, -0.1) is 0 Å². The van der Waals surface area contributed by atoms with Crippen LogP contribution in [0.2, 0.25) is 0 Å². The lowest BCUT2D eigenvalue weighted by atomic mass is 9.74. The largest absolute Gasteiger partial charge is 0.496 e. The Bertz CT molecular complexity index is 1190. The van der Waals surface area contributed by atoms with Crippen molar-refractivity contribution in [3.63, 3.8) is 0 Å². The summed E-state index contributed by atoms with van der Waals surface area (Å²) in [5.41, 5.74) is 6.23. The maximum atomic E-state index is 13.2. The molecule has 0 radical (unpaired) electrons. The van der Waals surface area contributed by atoms with Crippen molar-refractivity contribution >= 4 is 11.6 Å². The molecule has 2 saturated heterocycles. The first-order chi connectivity index (χ1) is 15.9. The number of anilines is 1. The van der Waals surface area contributed by atoms with Crippen LogP contribution in [0.4, 0.5) is 5.69 Å². The molecule has 1 atom stereocenters. The molecule has 5 rings (SSSR count). The Morgan fingerprint density at radius 2 is 2.00 bits per heavy atom. The molecule has 0 saturated carbocycles. The molecule has 2 aliphatic rings. The SMILES string of the molecule is COc1ccc(C(C)NC(=O)c2cc(N3CC4(CNC4)C3)ccc2C)cc1-c1cnn(C)c1. The van der Waals surface area contributed by atoms with Gasteiger partial charge in [0.2, 0.25) is 0 Å². The van der Waals surface area contributed by atoms with Crippen LogP contribution in [0.5, 0.6) is 5.75 Å². The summed E-state index contributed by atoms with van der Waals surface area (Å²) in [6.07, 6.45) is 3.78. The van der Waals surface area contributed by atoms with Gasteiger partial charge in [0.25, 0.3) is 5.91 Å². The lowest BCUT2D eigenvalue weighted by Gasteiger charge is -2.57. The Hall–Kier alpha value is -3.32. The van der Waals surface area contributed by atoms with Gasteiger partial charge in [0.1, 0.15) is 5.75 Å². The average molecular weight is 446 g/mol. The lowest BCUT2D eigenvalue weighted by Crippen LogP contribution is -2.71. The molecule has 3 heterocycles. The van der Waals surface area contributed by atoms with E-state index in [1.54, 1.807) is 11.8 Å². The topological polar surface area (TPSA) is 71.4 Å². The number of benzene rings is 2. The summed E-state index contributed by atoms with van der Waals surface area (Å²) in [5, 5.41) is 10.8. The standard InChI is InChI=1S/C26H31N5O2/c1-17-5-7-21(31-15-26(16-31)13-27-14-26)10-22(17)25(32)29-18(2)19-6-8-24(33-4)23(9-19)20-11-28-30(3)12-20/h5-12,18,27H,13-16H2,1-4H3,(H,29,32). The Morgan fingerprint density at radius 1 is 1.21 bits per heavy atom. The molecule has 7 nitrogen and oxygen atoms in total. The monoisotopic (exact) mass is 445 g/mol. The van der Waals surface area contributed by atoms with Gasteiger partial charge in [-0.3, -0.25) is 9.48 Å². The van der Waals surface area contributed by atoms with Crippen molar-refractivity contribution in [1.29, 1.82) is 0 Å². The van der Waals surface area contributed by atoms with Crippen LogP contribution in [0.25, 0.3) is 11.1 Å². The van der Waals surface area contributed by atoms with Gasteiger partial charge in [0.05, 0.1) is 19.3 Å². The van der Waals surface area contributed by atoms with Crippen molar-refractivity contribution in [2.24, 2.45) is 12.5 Å². The minimum absolute atomic E-state index is 0.0545. The van der Waals surface area contributed by atoms with E-state index in [1.165, 1.54) is 0 Å². The van der Waals surface area contributed by atoms with Crippen molar-refractivity contribution in [3.8, 4) is 16.9 Å². The molecule has 1 unspecified atom stereocenters. The Balaban J connectivity index is 1.33. The molecule has 1 amide bonds. The number of carbonyl (C=O) groups excluding carboxylic acids is 1. The van der Waals surface area contributed by atoms with Gasteiger partial charge in [-0.1, -0.05) is 12.1 Å². The van der Waals surface area contributed by atoms with Crippen LogP contribution in [-0.4, -0.2) is 49.0 Å². The van der Waals surface area contributed by atoms with Crippen LogP contribution >= 0.6 is 0 Å². The van der Waals surface area contributed by atoms with Crippen molar-refractivity contribution < 1.29 is 9.53 Å². The number of hydrogen-bond acceptors (Lipinski definition) is 5. The second-order valence-corrected chi connectivity index (χ2v) is 9.52. The fraction of sp³-hybridized carbons (Fsp3) is 0.385. The number of carbonyl (C=O) groups is 1. The molecule has 2 fully saturated rings. The summed E-state index contributed by atoms with van der Waals surface area (Å²) in [6.45, 7) is 8.32. The van der Waals surface area contributed by atoms with Gasteiger partial charge < -0.3 is 20.3 Å². The third kappa shape index (κ3) is 3.97. The first-order valence-corrected chi connectivity index (χ1v) is 11.4. The number of nitrogens with one attached hydrogen (secondary N) is 2. The maximum absolute atomic E-state index is 13.2. The van der Waals surface area contributed by atoms with Crippen LogP contribution in [0.15, 0.2) is 48.8 Å². The molecular weight excluding hydrogens is 414 g/mol. The zero-order chi connectivity index (χ0) is 23.2. The minimum atomic E-state index is -0.157. The number of aromatic nitrogens is 2. The summed E-state index contributed by atoms with van der Waals surface area (Å²) in [4.78, 5) is 15.6. The molecule has 33 heavy (non-hydrogen) atoms. The molecule has 3 aromatic rings. The number of methoxy groups -OCH3 is 1. The van der Waals surface area contributed by atoms with E-state index in [0.717, 1.165) is 65.4 Å². The number of hydrogen-bond donors (Lipinski definition) is 2. The number of amides is 1.